The Kier molecular flexibility index (Phi) is 7.88. The van der Waals surface area contributed by atoms with E-state index in [1.807, 2.05) is 58.9 Å². The number of pyridine rings is 2. The molecule has 2 atom stereocenters. The molecular formula is C30H36ClN5O2. The minimum atomic E-state index is -0.156. The molecule has 200 valence electrons. The number of ether oxygens (including phenoxy) is 1. The van der Waals surface area contributed by atoms with E-state index in [1.165, 1.54) is 0 Å². The van der Waals surface area contributed by atoms with Gasteiger partial charge in [-0.2, -0.15) is 0 Å². The molecule has 2 unspecified atom stereocenters. The second-order valence-electron chi connectivity index (χ2n) is 10.2. The zero-order valence-corrected chi connectivity index (χ0v) is 23.4. The Hall–Kier alpha value is -3.13. The molecule has 1 aliphatic rings. The average Bonchev–Trinajstić information content (AvgIpc) is 3.27. The van der Waals surface area contributed by atoms with Crippen molar-refractivity contribution in [3.63, 3.8) is 0 Å². The summed E-state index contributed by atoms with van der Waals surface area (Å²) in [5.74, 6) is 0. The van der Waals surface area contributed by atoms with Gasteiger partial charge in [-0.05, 0) is 55.8 Å². The standard InChI is InChI=1S/C30H36ClN5O2/c1-5-21(2)33(3)20-28(23-7-6-8-24(31)15-23)36-10-9-22(16-29(36)37)27-19-34(4)30-26(27)17-25(18-32-30)35-11-13-38-14-12-35/h6-10,15-19,21,28H,5,11-14,20H2,1-4H3. The van der Waals surface area contributed by atoms with Crippen molar-refractivity contribution < 1.29 is 4.74 Å². The topological polar surface area (TPSA) is 55.5 Å². The Bertz CT molecular complexity index is 1470. The lowest BCUT2D eigenvalue weighted by Gasteiger charge is -2.30. The molecule has 1 aromatic carbocycles. The highest BCUT2D eigenvalue weighted by Crippen LogP contribution is 2.32. The third kappa shape index (κ3) is 5.37. The second kappa shape index (κ2) is 11.3. The molecule has 0 radical (unpaired) electrons. The largest absolute Gasteiger partial charge is 0.378 e. The van der Waals surface area contributed by atoms with Crippen molar-refractivity contribution in [1.82, 2.24) is 19.0 Å². The molecule has 1 saturated heterocycles. The normalized spacial score (nSPS) is 15.8. The summed E-state index contributed by atoms with van der Waals surface area (Å²) in [6.45, 7) is 8.23. The summed E-state index contributed by atoms with van der Waals surface area (Å²) in [5.41, 5.74) is 4.85. The SMILES string of the molecule is CCC(C)N(C)CC(c1cccc(Cl)c1)n1ccc(-c2cn(C)c3ncc(N4CCOCC4)cc23)cc1=O. The zero-order valence-electron chi connectivity index (χ0n) is 22.6. The van der Waals surface area contributed by atoms with Gasteiger partial charge >= 0.3 is 0 Å². The molecule has 8 heteroatoms. The number of likely N-dealkylation sites (N-methyl/N-ethyl adjacent to an activating group) is 1. The quantitative estimate of drug-likeness (QED) is 0.311. The smallest absolute Gasteiger partial charge is 0.251 e. The Balaban J connectivity index is 1.54. The first kappa shape index (κ1) is 26.5. The molecule has 0 N–H and O–H groups in total. The summed E-state index contributed by atoms with van der Waals surface area (Å²) < 4.78 is 9.37. The molecule has 3 aromatic heterocycles. The first-order chi connectivity index (χ1) is 18.4. The van der Waals surface area contributed by atoms with E-state index >= 15 is 0 Å². The fraction of sp³-hybridized carbons (Fsp3) is 0.400. The predicted octanol–water partition coefficient (Wildman–Crippen LogP) is 5.21. The third-order valence-electron chi connectivity index (χ3n) is 7.81. The fourth-order valence-corrected chi connectivity index (χ4v) is 5.42. The van der Waals surface area contributed by atoms with Gasteiger partial charge in [0.15, 0.2) is 0 Å². The van der Waals surface area contributed by atoms with Gasteiger partial charge in [-0.15, -0.1) is 0 Å². The number of aromatic nitrogens is 3. The lowest BCUT2D eigenvalue weighted by molar-refractivity contribution is 0.122. The Morgan fingerprint density at radius 3 is 2.66 bits per heavy atom. The number of anilines is 1. The highest BCUT2D eigenvalue weighted by molar-refractivity contribution is 6.30. The molecule has 4 heterocycles. The number of aryl methyl sites for hydroxylation is 1. The minimum Gasteiger partial charge on any atom is -0.378 e. The molecule has 4 aromatic rings. The van der Waals surface area contributed by atoms with Crippen LogP contribution in [-0.4, -0.2) is 65.0 Å². The predicted molar refractivity (Wildman–Crippen MR) is 155 cm³/mol. The first-order valence-electron chi connectivity index (χ1n) is 13.3. The van der Waals surface area contributed by atoms with Crippen LogP contribution in [0.25, 0.3) is 22.2 Å². The van der Waals surface area contributed by atoms with E-state index in [9.17, 15) is 4.79 Å². The first-order valence-corrected chi connectivity index (χ1v) is 13.7. The van der Waals surface area contributed by atoms with Crippen LogP contribution in [0.5, 0.6) is 0 Å². The van der Waals surface area contributed by atoms with Gasteiger partial charge in [-0.25, -0.2) is 4.98 Å². The molecular weight excluding hydrogens is 498 g/mol. The Morgan fingerprint density at radius 2 is 1.95 bits per heavy atom. The van der Waals surface area contributed by atoms with Gasteiger partial charge in [0.05, 0.1) is 31.1 Å². The molecule has 0 bridgehead atoms. The van der Waals surface area contributed by atoms with Gasteiger partial charge in [-0.3, -0.25) is 4.79 Å². The molecule has 5 rings (SSSR count). The number of benzene rings is 1. The van der Waals surface area contributed by atoms with Gasteiger partial charge < -0.3 is 23.7 Å². The zero-order chi connectivity index (χ0) is 26.8. The number of halogens is 1. The summed E-state index contributed by atoms with van der Waals surface area (Å²) in [7, 11) is 4.11. The van der Waals surface area contributed by atoms with Crippen molar-refractivity contribution in [3.8, 4) is 11.1 Å². The van der Waals surface area contributed by atoms with Crippen LogP contribution < -0.4 is 10.5 Å². The van der Waals surface area contributed by atoms with Crippen molar-refractivity contribution in [2.24, 2.45) is 7.05 Å². The lowest BCUT2D eigenvalue weighted by atomic mass is 10.0. The summed E-state index contributed by atoms with van der Waals surface area (Å²) in [4.78, 5) is 23.0. The third-order valence-corrected chi connectivity index (χ3v) is 8.04. The van der Waals surface area contributed by atoms with Crippen LogP contribution >= 0.6 is 11.6 Å². The van der Waals surface area contributed by atoms with Gasteiger partial charge in [0.25, 0.3) is 5.56 Å². The van der Waals surface area contributed by atoms with E-state index in [0.29, 0.717) is 17.6 Å². The number of rotatable bonds is 8. The number of hydrogen-bond donors (Lipinski definition) is 0. The van der Waals surface area contributed by atoms with Crippen molar-refractivity contribution in [1.29, 1.82) is 0 Å². The number of fused-ring (bicyclic) bond motifs is 1. The van der Waals surface area contributed by atoms with E-state index in [0.717, 1.165) is 66.1 Å². The van der Waals surface area contributed by atoms with Crippen LogP contribution in [-0.2, 0) is 11.8 Å². The molecule has 0 aliphatic carbocycles. The molecule has 0 spiro atoms. The molecule has 7 nitrogen and oxygen atoms in total. The molecule has 0 saturated carbocycles. The van der Waals surface area contributed by atoms with E-state index < -0.39 is 0 Å². The Morgan fingerprint density at radius 1 is 1.16 bits per heavy atom. The summed E-state index contributed by atoms with van der Waals surface area (Å²) >= 11 is 6.35. The maximum absolute atomic E-state index is 13.7. The lowest BCUT2D eigenvalue weighted by Crippen LogP contribution is -2.37. The second-order valence-corrected chi connectivity index (χ2v) is 10.7. The number of hydrogen-bond acceptors (Lipinski definition) is 5. The summed E-state index contributed by atoms with van der Waals surface area (Å²) in [5, 5.41) is 1.71. The van der Waals surface area contributed by atoms with Crippen molar-refractivity contribution in [3.05, 3.63) is 82.0 Å². The summed E-state index contributed by atoms with van der Waals surface area (Å²) in [6, 6.07) is 14.0. The van der Waals surface area contributed by atoms with Gasteiger partial charge in [0, 0.05) is 67.2 Å². The Labute approximate surface area is 229 Å². The maximum Gasteiger partial charge on any atom is 0.251 e. The summed E-state index contributed by atoms with van der Waals surface area (Å²) in [6.07, 6.45) is 6.95. The highest BCUT2D eigenvalue weighted by atomic mass is 35.5. The monoisotopic (exact) mass is 533 g/mol. The van der Waals surface area contributed by atoms with Gasteiger partial charge in [0.2, 0.25) is 0 Å². The van der Waals surface area contributed by atoms with E-state index in [2.05, 4.69) is 43.0 Å². The number of nitrogens with zero attached hydrogens (tertiary/aromatic N) is 5. The van der Waals surface area contributed by atoms with Crippen molar-refractivity contribution in [2.45, 2.75) is 32.4 Å². The van der Waals surface area contributed by atoms with Crippen molar-refractivity contribution >= 4 is 28.3 Å². The van der Waals surface area contributed by atoms with E-state index in [-0.39, 0.29) is 11.6 Å². The molecule has 0 amide bonds. The highest BCUT2D eigenvalue weighted by Gasteiger charge is 2.21. The maximum atomic E-state index is 13.7. The van der Waals surface area contributed by atoms with Crippen LogP contribution in [0.1, 0.15) is 31.9 Å². The van der Waals surface area contributed by atoms with Gasteiger partial charge in [-0.1, -0.05) is 30.7 Å². The molecule has 38 heavy (non-hydrogen) atoms. The van der Waals surface area contributed by atoms with Crippen LogP contribution in [0.3, 0.4) is 0 Å². The van der Waals surface area contributed by atoms with Crippen LogP contribution in [0, 0.1) is 0 Å². The average molecular weight is 534 g/mol. The van der Waals surface area contributed by atoms with Gasteiger partial charge in [0.1, 0.15) is 5.65 Å². The number of morpholine rings is 1. The van der Waals surface area contributed by atoms with Crippen LogP contribution in [0.2, 0.25) is 5.02 Å². The van der Waals surface area contributed by atoms with Crippen molar-refractivity contribution in [2.75, 3.05) is 44.8 Å². The molecule has 1 aliphatic heterocycles. The fourth-order valence-electron chi connectivity index (χ4n) is 5.22. The molecule has 1 fully saturated rings. The van der Waals surface area contributed by atoms with Crippen LogP contribution in [0.15, 0.2) is 65.8 Å². The van der Waals surface area contributed by atoms with Crippen LogP contribution in [0.4, 0.5) is 5.69 Å². The van der Waals surface area contributed by atoms with E-state index in [4.69, 9.17) is 21.3 Å². The van der Waals surface area contributed by atoms with E-state index in [1.54, 1.807) is 6.07 Å². The minimum absolute atomic E-state index is 0.0423.